The number of hydrogen-bond donors (Lipinski definition) is 2. The van der Waals surface area contributed by atoms with Crippen LogP contribution >= 0.6 is 23.2 Å². The fourth-order valence-electron chi connectivity index (χ4n) is 2.88. The molecule has 2 rings (SSSR count). The van der Waals surface area contributed by atoms with Gasteiger partial charge in [0.2, 0.25) is 0 Å². The molecule has 30 heavy (non-hydrogen) atoms. The van der Waals surface area contributed by atoms with E-state index >= 15 is 0 Å². The summed E-state index contributed by atoms with van der Waals surface area (Å²) in [6.07, 6.45) is 0. The highest BCUT2D eigenvalue weighted by molar-refractivity contribution is 6.35. The Morgan fingerprint density at radius 3 is 2.43 bits per heavy atom. The number of rotatable bonds is 8. The Morgan fingerprint density at radius 2 is 1.87 bits per heavy atom. The quantitative estimate of drug-likeness (QED) is 0.633. The number of nitrogen functional groups attached to an aromatic ring is 1. The molecule has 0 aliphatic heterocycles. The molecule has 1 aromatic heterocycles. The first kappa shape index (κ1) is 23.8. The van der Waals surface area contributed by atoms with Gasteiger partial charge in [-0.15, -0.1) is 0 Å². The minimum Gasteiger partial charge on any atom is -0.482 e. The molecular formula is C20H26Cl2N4O4. The number of hydrogen-bond acceptors (Lipinski definition) is 5. The molecule has 8 nitrogen and oxygen atoms in total. The van der Waals surface area contributed by atoms with Gasteiger partial charge in [-0.3, -0.25) is 19.1 Å². The molecule has 164 valence electrons. The number of halogens is 2. The van der Waals surface area contributed by atoms with Crippen LogP contribution < -0.4 is 26.6 Å². The Labute approximate surface area is 184 Å². The van der Waals surface area contributed by atoms with E-state index in [4.69, 9.17) is 33.7 Å². The molecule has 10 heteroatoms. The molecule has 0 aliphatic carbocycles. The molecule has 0 spiro atoms. The number of benzene rings is 1. The molecule has 0 atom stereocenters. The number of carbonyl (C=O) groups excluding carboxylic acids is 1. The SMILES string of the molecule is CC(C)CN(C(=O)COc1ccc(Cl)cc1Cl)c1c(N)n(CC(C)C)c(=O)[nH]c1=O. The third-order valence-corrected chi connectivity index (χ3v) is 4.66. The summed E-state index contributed by atoms with van der Waals surface area (Å²) in [5.74, 6) is -0.145. The molecule has 0 aliphatic rings. The molecule has 0 bridgehead atoms. The maximum atomic E-state index is 13.0. The lowest BCUT2D eigenvalue weighted by Crippen LogP contribution is -2.44. The number of anilines is 2. The second-order valence-corrected chi connectivity index (χ2v) is 8.60. The average molecular weight is 457 g/mol. The van der Waals surface area contributed by atoms with Gasteiger partial charge in [-0.1, -0.05) is 50.9 Å². The van der Waals surface area contributed by atoms with Crippen LogP contribution in [0.5, 0.6) is 5.75 Å². The van der Waals surface area contributed by atoms with Gasteiger partial charge in [-0.05, 0) is 30.0 Å². The molecule has 0 saturated heterocycles. The summed E-state index contributed by atoms with van der Waals surface area (Å²) < 4.78 is 6.80. The van der Waals surface area contributed by atoms with Crippen LogP contribution in [0.3, 0.4) is 0 Å². The fraction of sp³-hybridized carbons (Fsp3) is 0.450. The number of nitrogens with zero attached hydrogens (tertiary/aromatic N) is 2. The van der Waals surface area contributed by atoms with Gasteiger partial charge in [0.05, 0.1) is 5.02 Å². The standard InChI is InChI=1S/C20H26Cl2N4O4/c1-11(2)8-25(16(27)10-30-15-6-5-13(21)7-14(15)22)17-18(23)26(9-12(3)4)20(29)24-19(17)28/h5-7,11-12H,8-10,23H2,1-4H3,(H,24,28,29). The van der Waals surface area contributed by atoms with Crippen molar-refractivity contribution in [2.24, 2.45) is 11.8 Å². The van der Waals surface area contributed by atoms with Crippen molar-refractivity contribution >= 4 is 40.6 Å². The molecular weight excluding hydrogens is 431 g/mol. The third kappa shape index (κ3) is 5.79. The number of aromatic amines is 1. The average Bonchev–Trinajstić information content (AvgIpc) is 2.62. The van der Waals surface area contributed by atoms with Gasteiger partial charge in [-0.2, -0.15) is 0 Å². The first-order valence-corrected chi connectivity index (χ1v) is 10.3. The van der Waals surface area contributed by atoms with Crippen molar-refractivity contribution in [3.8, 4) is 5.75 Å². The molecule has 3 N–H and O–H groups in total. The van der Waals surface area contributed by atoms with Gasteiger partial charge in [0.1, 0.15) is 11.6 Å². The summed E-state index contributed by atoms with van der Waals surface area (Å²) in [7, 11) is 0. The second kappa shape index (κ2) is 10.0. The molecule has 0 fully saturated rings. The highest BCUT2D eigenvalue weighted by Crippen LogP contribution is 2.28. The zero-order chi connectivity index (χ0) is 22.6. The van der Waals surface area contributed by atoms with Crippen molar-refractivity contribution in [1.82, 2.24) is 9.55 Å². The Bertz CT molecular complexity index is 1030. The second-order valence-electron chi connectivity index (χ2n) is 7.76. The molecule has 1 amide bonds. The highest BCUT2D eigenvalue weighted by Gasteiger charge is 2.25. The predicted octanol–water partition coefficient (Wildman–Crippen LogP) is 3.15. The third-order valence-electron chi connectivity index (χ3n) is 4.13. The lowest BCUT2D eigenvalue weighted by molar-refractivity contribution is -0.120. The molecule has 0 unspecified atom stereocenters. The van der Waals surface area contributed by atoms with Crippen molar-refractivity contribution in [1.29, 1.82) is 0 Å². The minimum absolute atomic E-state index is 0.0253. The Morgan fingerprint density at radius 1 is 1.20 bits per heavy atom. The van der Waals surface area contributed by atoms with Gasteiger partial charge in [-0.25, -0.2) is 4.79 Å². The lowest BCUT2D eigenvalue weighted by Gasteiger charge is -2.26. The van der Waals surface area contributed by atoms with Crippen LogP contribution in [0.1, 0.15) is 27.7 Å². The first-order chi connectivity index (χ1) is 14.0. The number of H-pyrrole nitrogens is 1. The van der Waals surface area contributed by atoms with E-state index in [1.807, 2.05) is 27.7 Å². The largest absolute Gasteiger partial charge is 0.482 e. The number of nitrogens with one attached hydrogen (secondary N) is 1. The monoisotopic (exact) mass is 456 g/mol. The Kier molecular flexibility index (Phi) is 7.97. The summed E-state index contributed by atoms with van der Waals surface area (Å²) in [6, 6.07) is 4.64. The summed E-state index contributed by atoms with van der Waals surface area (Å²) >= 11 is 12.0. The minimum atomic E-state index is -0.726. The number of aromatic nitrogens is 2. The van der Waals surface area contributed by atoms with E-state index in [-0.39, 0.29) is 47.3 Å². The number of amides is 1. The zero-order valence-electron chi connectivity index (χ0n) is 17.4. The summed E-state index contributed by atoms with van der Waals surface area (Å²) in [5, 5.41) is 0.695. The van der Waals surface area contributed by atoms with Crippen LogP contribution in [-0.4, -0.2) is 28.6 Å². The van der Waals surface area contributed by atoms with E-state index < -0.39 is 17.2 Å². The predicted molar refractivity (Wildman–Crippen MR) is 120 cm³/mol. The van der Waals surface area contributed by atoms with Crippen molar-refractivity contribution in [3.63, 3.8) is 0 Å². The van der Waals surface area contributed by atoms with Crippen molar-refractivity contribution in [3.05, 3.63) is 49.1 Å². The van der Waals surface area contributed by atoms with E-state index in [0.29, 0.717) is 11.6 Å². The molecule has 1 heterocycles. The van der Waals surface area contributed by atoms with Gasteiger partial charge in [0.25, 0.3) is 11.5 Å². The maximum absolute atomic E-state index is 13.0. The van der Waals surface area contributed by atoms with Crippen LogP contribution in [0.4, 0.5) is 11.5 Å². The Hall–Kier alpha value is -2.45. The topological polar surface area (TPSA) is 110 Å². The number of nitrogens with two attached hydrogens (primary N) is 1. The smallest absolute Gasteiger partial charge is 0.330 e. The zero-order valence-corrected chi connectivity index (χ0v) is 18.9. The first-order valence-electron chi connectivity index (χ1n) is 9.52. The van der Waals surface area contributed by atoms with E-state index in [2.05, 4.69) is 4.98 Å². The van der Waals surface area contributed by atoms with Crippen molar-refractivity contribution in [2.75, 3.05) is 23.8 Å². The van der Waals surface area contributed by atoms with Crippen LogP contribution in [0.2, 0.25) is 10.0 Å². The van der Waals surface area contributed by atoms with E-state index in [0.717, 1.165) is 0 Å². The molecule has 2 aromatic rings. The van der Waals surface area contributed by atoms with E-state index in [1.54, 1.807) is 12.1 Å². The lowest BCUT2D eigenvalue weighted by atomic mass is 10.2. The summed E-state index contributed by atoms with van der Waals surface area (Å²) in [6.45, 7) is 7.75. The van der Waals surface area contributed by atoms with Gasteiger partial charge in [0.15, 0.2) is 12.3 Å². The van der Waals surface area contributed by atoms with Crippen LogP contribution in [0.15, 0.2) is 27.8 Å². The van der Waals surface area contributed by atoms with Gasteiger partial charge in [0, 0.05) is 18.1 Å². The van der Waals surface area contributed by atoms with Crippen LogP contribution in [0, 0.1) is 11.8 Å². The van der Waals surface area contributed by atoms with E-state index in [9.17, 15) is 14.4 Å². The Balaban J connectivity index is 2.40. The molecule has 0 saturated carbocycles. The van der Waals surface area contributed by atoms with Crippen molar-refractivity contribution < 1.29 is 9.53 Å². The molecule has 1 aromatic carbocycles. The normalized spacial score (nSPS) is 11.2. The number of carbonyl (C=O) groups is 1. The summed E-state index contributed by atoms with van der Waals surface area (Å²) in [4.78, 5) is 41.3. The van der Waals surface area contributed by atoms with Gasteiger partial charge < -0.3 is 15.4 Å². The molecule has 0 radical (unpaired) electrons. The van der Waals surface area contributed by atoms with Crippen molar-refractivity contribution in [2.45, 2.75) is 34.2 Å². The van der Waals surface area contributed by atoms with Crippen LogP contribution in [0.25, 0.3) is 0 Å². The number of ether oxygens (including phenoxy) is 1. The van der Waals surface area contributed by atoms with Gasteiger partial charge >= 0.3 is 5.69 Å². The summed E-state index contributed by atoms with van der Waals surface area (Å²) in [5.41, 5.74) is 4.76. The van der Waals surface area contributed by atoms with Crippen LogP contribution in [-0.2, 0) is 11.3 Å². The fourth-order valence-corrected chi connectivity index (χ4v) is 3.34. The maximum Gasteiger partial charge on any atom is 0.330 e. The highest BCUT2D eigenvalue weighted by atomic mass is 35.5. The van der Waals surface area contributed by atoms with E-state index in [1.165, 1.54) is 15.5 Å².